The molecule has 2 aliphatic rings. The number of benzene rings is 1. The lowest BCUT2D eigenvalue weighted by Crippen LogP contribution is -2.47. The second-order valence-electron chi connectivity index (χ2n) is 9.12. The Balaban J connectivity index is 1.09. The lowest BCUT2D eigenvalue weighted by atomic mass is 9.78. The Bertz CT molecular complexity index is 1180. The molecule has 1 N–H and O–H groups in total. The highest BCUT2D eigenvalue weighted by molar-refractivity contribution is 5.94. The number of carbonyl (C=O) groups excluding carboxylic acids is 3. The molecule has 2 fully saturated rings. The third-order valence-electron chi connectivity index (χ3n) is 6.87. The largest absolute Gasteiger partial charge is 0.459 e. The van der Waals surface area contributed by atoms with Crippen molar-refractivity contribution in [2.24, 2.45) is 5.41 Å². The van der Waals surface area contributed by atoms with Crippen LogP contribution in [0.25, 0.3) is 11.4 Å². The molecular weight excluding hydrogens is 450 g/mol. The van der Waals surface area contributed by atoms with E-state index in [9.17, 15) is 14.4 Å². The van der Waals surface area contributed by atoms with Gasteiger partial charge in [0.05, 0.1) is 12.8 Å². The number of tetrazole rings is 1. The van der Waals surface area contributed by atoms with E-state index in [0.717, 1.165) is 24.8 Å². The quantitative estimate of drug-likeness (QED) is 0.565. The molecule has 4 heterocycles. The zero-order valence-electron chi connectivity index (χ0n) is 19.3. The molecule has 3 amide bonds. The molecule has 11 nitrogen and oxygen atoms in total. The SMILES string of the molecule is O=C(NCC(=O)N1CCC2(CC1)CCN(C(=O)Cn1nnc(-c3ccccc3)n1)C2)c1ccco1. The van der Waals surface area contributed by atoms with Gasteiger partial charge in [-0.2, -0.15) is 4.80 Å². The van der Waals surface area contributed by atoms with Crippen LogP contribution in [0.4, 0.5) is 0 Å². The Labute approximate surface area is 202 Å². The lowest BCUT2D eigenvalue weighted by Gasteiger charge is -2.39. The van der Waals surface area contributed by atoms with Crippen LogP contribution in [0.15, 0.2) is 53.1 Å². The van der Waals surface area contributed by atoms with Gasteiger partial charge in [0.25, 0.3) is 5.91 Å². The van der Waals surface area contributed by atoms with Gasteiger partial charge in [-0.1, -0.05) is 30.3 Å². The standard InChI is InChI=1S/C24H27N7O4/c32-20(15-25-23(34)19-7-4-14-35-19)29-11-8-24(9-12-29)10-13-30(17-24)21(33)16-31-27-22(26-28-31)18-5-2-1-3-6-18/h1-7,14H,8-13,15-17H2,(H,25,34). The van der Waals surface area contributed by atoms with Crippen LogP contribution in [0.3, 0.4) is 0 Å². The topological polar surface area (TPSA) is 126 Å². The number of aromatic nitrogens is 4. The molecule has 2 aliphatic heterocycles. The van der Waals surface area contributed by atoms with E-state index in [1.165, 1.54) is 11.1 Å². The first-order valence-corrected chi connectivity index (χ1v) is 11.7. The first-order chi connectivity index (χ1) is 17.0. The Morgan fingerprint density at radius 2 is 1.69 bits per heavy atom. The summed E-state index contributed by atoms with van der Waals surface area (Å²) in [5, 5.41) is 15.0. The Morgan fingerprint density at radius 3 is 2.40 bits per heavy atom. The molecule has 0 atom stereocenters. The number of carbonyl (C=O) groups is 3. The van der Waals surface area contributed by atoms with E-state index < -0.39 is 5.91 Å². The highest BCUT2D eigenvalue weighted by Gasteiger charge is 2.42. The second kappa shape index (κ2) is 9.69. The van der Waals surface area contributed by atoms with Crippen molar-refractivity contribution in [3.8, 4) is 11.4 Å². The lowest BCUT2D eigenvalue weighted by molar-refractivity contribution is -0.134. The minimum atomic E-state index is -0.403. The third kappa shape index (κ3) is 5.08. The number of hydrogen-bond acceptors (Lipinski definition) is 7. The maximum Gasteiger partial charge on any atom is 0.287 e. The number of amides is 3. The number of rotatable bonds is 6. The molecule has 2 aromatic heterocycles. The van der Waals surface area contributed by atoms with Crippen molar-refractivity contribution in [1.29, 1.82) is 0 Å². The van der Waals surface area contributed by atoms with Crippen LogP contribution in [0.5, 0.6) is 0 Å². The summed E-state index contributed by atoms with van der Waals surface area (Å²) in [5.41, 5.74) is 0.877. The molecule has 182 valence electrons. The fraction of sp³-hybridized carbons (Fsp3) is 0.417. The van der Waals surface area contributed by atoms with Crippen LogP contribution in [-0.4, -0.2) is 80.5 Å². The van der Waals surface area contributed by atoms with E-state index in [1.54, 1.807) is 17.0 Å². The fourth-order valence-corrected chi connectivity index (χ4v) is 4.78. The van der Waals surface area contributed by atoms with E-state index in [0.29, 0.717) is 32.0 Å². The van der Waals surface area contributed by atoms with Crippen LogP contribution in [-0.2, 0) is 16.1 Å². The van der Waals surface area contributed by atoms with Crippen LogP contribution in [0.2, 0.25) is 0 Å². The molecule has 2 saturated heterocycles. The Hall–Kier alpha value is -4.02. The van der Waals surface area contributed by atoms with Crippen LogP contribution < -0.4 is 5.32 Å². The molecule has 3 aromatic rings. The van der Waals surface area contributed by atoms with Crippen molar-refractivity contribution in [3.63, 3.8) is 0 Å². The van der Waals surface area contributed by atoms with Crippen LogP contribution in [0.1, 0.15) is 29.8 Å². The number of nitrogens with zero attached hydrogens (tertiary/aromatic N) is 6. The summed E-state index contributed by atoms with van der Waals surface area (Å²) in [5.74, 6) is 0.131. The summed E-state index contributed by atoms with van der Waals surface area (Å²) >= 11 is 0. The molecule has 0 unspecified atom stereocenters. The van der Waals surface area contributed by atoms with Crippen LogP contribution >= 0.6 is 0 Å². The second-order valence-corrected chi connectivity index (χ2v) is 9.12. The molecule has 0 saturated carbocycles. The number of nitrogens with one attached hydrogen (secondary N) is 1. The predicted molar refractivity (Wildman–Crippen MR) is 124 cm³/mol. The molecule has 5 rings (SSSR count). The van der Waals surface area contributed by atoms with E-state index in [1.807, 2.05) is 35.2 Å². The fourth-order valence-electron chi connectivity index (χ4n) is 4.78. The molecule has 1 spiro atoms. The van der Waals surface area contributed by atoms with Crippen molar-refractivity contribution >= 4 is 17.7 Å². The normalized spacial score (nSPS) is 17.0. The van der Waals surface area contributed by atoms with Crippen molar-refractivity contribution in [2.75, 3.05) is 32.7 Å². The summed E-state index contributed by atoms with van der Waals surface area (Å²) in [6.45, 7) is 2.57. The molecule has 0 aliphatic carbocycles. The van der Waals surface area contributed by atoms with Gasteiger partial charge < -0.3 is 19.5 Å². The molecule has 0 bridgehead atoms. The highest BCUT2D eigenvalue weighted by Crippen LogP contribution is 2.40. The van der Waals surface area contributed by atoms with Crippen molar-refractivity contribution in [3.05, 3.63) is 54.5 Å². The van der Waals surface area contributed by atoms with Crippen molar-refractivity contribution < 1.29 is 18.8 Å². The van der Waals surface area contributed by atoms with Crippen LogP contribution in [0, 0.1) is 5.41 Å². The van der Waals surface area contributed by atoms with Gasteiger partial charge in [0.15, 0.2) is 5.76 Å². The predicted octanol–water partition coefficient (Wildman–Crippen LogP) is 1.20. The summed E-state index contributed by atoms with van der Waals surface area (Å²) in [4.78, 5) is 42.4. The minimum absolute atomic E-state index is 0.0227. The number of likely N-dealkylation sites (tertiary alicyclic amines) is 2. The van der Waals surface area contributed by atoms with Gasteiger partial charge in [-0.25, -0.2) is 0 Å². The molecule has 0 radical (unpaired) electrons. The van der Waals surface area contributed by atoms with E-state index in [-0.39, 0.29) is 36.1 Å². The first kappa shape index (κ1) is 22.8. The third-order valence-corrected chi connectivity index (χ3v) is 6.87. The molecule has 35 heavy (non-hydrogen) atoms. The van der Waals surface area contributed by atoms with Gasteiger partial charge in [0, 0.05) is 31.7 Å². The van der Waals surface area contributed by atoms with Gasteiger partial charge in [-0.3, -0.25) is 14.4 Å². The van der Waals surface area contributed by atoms with Gasteiger partial charge in [-0.15, -0.1) is 10.2 Å². The first-order valence-electron chi connectivity index (χ1n) is 11.7. The monoisotopic (exact) mass is 477 g/mol. The Kier molecular flexibility index (Phi) is 6.30. The summed E-state index contributed by atoms with van der Waals surface area (Å²) in [7, 11) is 0. The summed E-state index contributed by atoms with van der Waals surface area (Å²) in [6.07, 6.45) is 3.99. The zero-order chi connectivity index (χ0) is 24.3. The van der Waals surface area contributed by atoms with Crippen molar-refractivity contribution in [1.82, 2.24) is 35.3 Å². The molecule has 11 heteroatoms. The Morgan fingerprint density at radius 1 is 0.943 bits per heavy atom. The van der Waals surface area contributed by atoms with Crippen molar-refractivity contribution in [2.45, 2.75) is 25.8 Å². The maximum atomic E-state index is 12.9. The summed E-state index contributed by atoms with van der Waals surface area (Å²) < 4.78 is 5.04. The van der Waals surface area contributed by atoms with Gasteiger partial charge >= 0.3 is 0 Å². The minimum Gasteiger partial charge on any atom is -0.459 e. The van der Waals surface area contributed by atoms with Gasteiger partial charge in [-0.05, 0) is 42.0 Å². The number of furan rings is 1. The number of piperidine rings is 1. The maximum absolute atomic E-state index is 12.9. The average Bonchev–Trinajstić information content (AvgIpc) is 3.65. The number of hydrogen-bond donors (Lipinski definition) is 1. The van der Waals surface area contributed by atoms with Gasteiger partial charge in [0.1, 0.15) is 6.54 Å². The molecule has 1 aromatic carbocycles. The molecular formula is C24H27N7O4. The smallest absolute Gasteiger partial charge is 0.287 e. The summed E-state index contributed by atoms with van der Waals surface area (Å²) in [6, 6.07) is 12.7. The highest BCUT2D eigenvalue weighted by atomic mass is 16.3. The zero-order valence-corrected chi connectivity index (χ0v) is 19.3. The van der Waals surface area contributed by atoms with E-state index in [4.69, 9.17) is 4.42 Å². The van der Waals surface area contributed by atoms with Gasteiger partial charge in [0.2, 0.25) is 17.6 Å². The van der Waals surface area contributed by atoms with E-state index >= 15 is 0 Å². The van der Waals surface area contributed by atoms with E-state index in [2.05, 4.69) is 20.7 Å². The average molecular weight is 478 g/mol.